The van der Waals surface area contributed by atoms with Gasteiger partial charge < -0.3 is 10.0 Å². The molecule has 4 nitrogen and oxygen atoms in total. The molecule has 0 aromatic carbocycles. The third kappa shape index (κ3) is 3.00. The van der Waals surface area contributed by atoms with Crippen LogP contribution in [0.4, 0.5) is 5.69 Å². The van der Waals surface area contributed by atoms with Gasteiger partial charge in [0.05, 0.1) is 17.3 Å². The molecule has 23 heavy (non-hydrogen) atoms. The fraction of sp³-hybridized carbons (Fsp3) is 0.526. The number of aryl methyl sites for hydroxylation is 1. The van der Waals surface area contributed by atoms with Crippen molar-refractivity contribution in [3.05, 3.63) is 45.9 Å². The molecule has 2 aromatic rings. The Balaban J connectivity index is 2.18. The number of hydrogen-bond acceptors (Lipinski definition) is 3. The summed E-state index contributed by atoms with van der Waals surface area (Å²) < 4.78 is 1.69. The lowest BCUT2D eigenvalue weighted by atomic mass is 9.82. The van der Waals surface area contributed by atoms with Gasteiger partial charge in [-0.15, -0.1) is 0 Å². The molecule has 0 aliphatic carbocycles. The monoisotopic (exact) mass is 314 g/mol. The molecule has 1 atom stereocenters. The van der Waals surface area contributed by atoms with Crippen molar-refractivity contribution in [2.45, 2.75) is 46.6 Å². The van der Waals surface area contributed by atoms with Gasteiger partial charge in [-0.1, -0.05) is 13.8 Å². The van der Waals surface area contributed by atoms with Crippen molar-refractivity contribution < 1.29 is 5.11 Å². The van der Waals surface area contributed by atoms with Crippen LogP contribution in [0.3, 0.4) is 0 Å². The summed E-state index contributed by atoms with van der Waals surface area (Å²) >= 11 is 0. The standard InChI is InChI=1S/C19H26N2O2/c1-13-11-15(14(2)22)18-16(5-6-17(23)21(18)12-13)20-9-7-19(3,4)8-10-20/h5-6,11-12,14,22H,7-10H2,1-4H3. The van der Waals surface area contributed by atoms with Crippen molar-refractivity contribution in [1.29, 1.82) is 0 Å². The predicted molar refractivity (Wildman–Crippen MR) is 94.3 cm³/mol. The van der Waals surface area contributed by atoms with Crippen molar-refractivity contribution in [1.82, 2.24) is 4.40 Å². The highest BCUT2D eigenvalue weighted by Gasteiger charge is 2.27. The zero-order valence-electron chi connectivity index (χ0n) is 14.5. The zero-order chi connectivity index (χ0) is 16.8. The summed E-state index contributed by atoms with van der Waals surface area (Å²) in [5.74, 6) is 0. The summed E-state index contributed by atoms with van der Waals surface area (Å²) in [6.45, 7) is 10.3. The van der Waals surface area contributed by atoms with E-state index in [1.807, 2.05) is 25.3 Å². The van der Waals surface area contributed by atoms with E-state index in [2.05, 4.69) is 18.7 Å². The Labute approximate surface area is 137 Å². The number of piperidine rings is 1. The van der Waals surface area contributed by atoms with Crippen LogP contribution < -0.4 is 10.5 Å². The number of aliphatic hydroxyl groups excluding tert-OH is 1. The van der Waals surface area contributed by atoms with Crippen molar-refractivity contribution >= 4 is 11.2 Å². The Morgan fingerprint density at radius 1 is 1.22 bits per heavy atom. The first-order valence-electron chi connectivity index (χ1n) is 8.37. The number of fused-ring (bicyclic) bond motifs is 1. The van der Waals surface area contributed by atoms with Crippen LogP contribution in [0.1, 0.15) is 50.8 Å². The lowest BCUT2D eigenvalue weighted by Gasteiger charge is -2.38. The first-order chi connectivity index (χ1) is 10.8. The summed E-state index contributed by atoms with van der Waals surface area (Å²) in [6.07, 6.45) is 3.52. The second-order valence-electron chi connectivity index (χ2n) is 7.58. The van der Waals surface area contributed by atoms with E-state index in [1.54, 1.807) is 17.4 Å². The molecule has 1 aliphatic rings. The molecule has 1 unspecified atom stereocenters. The Morgan fingerprint density at radius 3 is 2.48 bits per heavy atom. The fourth-order valence-electron chi connectivity index (χ4n) is 3.44. The average Bonchev–Trinajstić information content (AvgIpc) is 2.48. The normalized spacial score (nSPS) is 19.1. The van der Waals surface area contributed by atoms with E-state index in [0.717, 1.165) is 48.3 Å². The van der Waals surface area contributed by atoms with Crippen LogP contribution in [-0.4, -0.2) is 22.6 Å². The van der Waals surface area contributed by atoms with E-state index in [-0.39, 0.29) is 5.56 Å². The van der Waals surface area contributed by atoms with E-state index in [9.17, 15) is 9.90 Å². The summed E-state index contributed by atoms with van der Waals surface area (Å²) in [7, 11) is 0. The topological polar surface area (TPSA) is 45.0 Å². The first kappa shape index (κ1) is 16.1. The number of aliphatic hydroxyl groups is 1. The highest BCUT2D eigenvalue weighted by molar-refractivity contribution is 5.77. The van der Waals surface area contributed by atoms with Crippen LogP contribution in [0.15, 0.2) is 29.2 Å². The zero-order valence-corrected chi connectivity index (χ0v) is 14.5. The molecule has 0 radical (unpaired) electrons. The van der Waals surface area contributed by atoms with Gasteiger partial charge >= 0.3 is 0 Å². The number of aromatic nitrogens is 1. The maximum Gasteiger partial charge on any atom is 0.255 e. The molecule has 0 amide bonds. The molecule has 3 heterocycles. The van der Waals surface area contributed by atoms with Crippen LogP contribution in [0.5, 0.6) is 0 Å². The molecule has 0 spiro atoms. The van der Waals surface area contributed by atoms with Gasteiger partial charge in [-0.3, -0.25) is 9.20 Å². The molecule has 1 N–H and O–H groups in total. The molecule has 0 saturated carbocycles. The van der Waals surface area contributed by atoms with Crippen molar-refractivity contribution in [2.24, 2.45) is 5.41 Å². The van der Waals surface area contributed by atoms with Crippen molar-refractivity contribution in [3.8, 4) is 0 Å². The van der Waals surface area contributed by atoms with E-state index in [1.165, 1.54) is 0 Å². The minimum Gasteiger partial charge on any atom is -0.389 e. The first-order valence-corrected chi connectivity index (χ1v) is 8.37. The van der Waals surface area contributed by atoms with Gasteiger partial charge in [0, 0.05) is 30.9 Å². The quantitative estimate of drug-likeness (QED) is 0.925. The fourth-order valence-corrected chi connectivity index (χ4v) is 3.44. The molecule has 1 saturated heterocycles. The molecule has 3 rings (SSSR count). The Bertz CT molecular complexity index is 780. The van der Waals surface area contributed by atoms with Gasteiger partial charge in [0.25, 0.3) is 5.56 Å². The van der Waals surface area contributed by atoms with Crippen LogP contribution in [0.25, 0.3) is 5.52 Å². The minimum atomic E-state index is -0.605. The van der Waals surface area contributed by atoms with Gasteiger partial charge in [0.1, 0.15) is 0 Å². The smallest absolute Gasteiger partial charge is 0.255 e. The second-order valence-corrected chi connectivity index (χ2v) is 7.58. The highest BCUT2D eigenvalue weighted by atomic mass is 16.3. The van der Waals surface area contributed by atoms with Gasteiger partial charge in [0.15, 0.2) is 0 Å². The molecular formula is C19H26N2O2. The van der Waals surface area contributed by atoms with E-state index in [0.29, 0.717) is 5.41 Å². The number of anilines is 1. The van der Waals surface area contributed by atoms with E-state index >= 15 is 0 Å². The Morgan fingerprint density at radius 2 is 1.87 bits per heavy atom. The molecular weight excluding hydrogens is 288 g/mol. The largest absolute Gasteiger partial charge is 0.389 e. The number of rotatable bonds is 2. The summed E-state index contributed by atoms with van der Waals surface area (Å²) in [4.78, 5) is 14.7. The minimum absolute atomic E-state index is 0.0494. The molecule has 0 bridgehead atoms. The lowest BCUT2D eigenvalue weighted by molar-refractivity contribution is 0.200. The number of hydrogen-bond donors (Lipinski definition) is 1. The van der Waals surface area contributed by atoms with Crippen LogP contribution >= 0.6 is 0 Å². The molecule has 4 heteroatoms. The molecule has 1 fully saturated rings. The number of pyridine rings is 2. The van der Waals surface area contributed by atoms with Crippen molar-refractivity contribution in [3.63, 3.8) is 0 Å². The van der Waals surface area contributed by atoms with Gasteiger partial charge in [-0.25, -0.2) is 0 Å². The molecule has 2 aromatic heterocycles. The van der Waals surface area contributed by atoms with Crippen LogP contribution in [0, 0.1) is 12.3 Å². The highest BCUT2D eigenvalue weighted by Crippen LogP contribution is 2.35. The van der Waals surface area contributed by atoms with Crippen LogP contribution in [-0.2, 0) is 0 Å². The van der Waals surface area contributed by atoms with Crippen molar-refractivity contribution in [2.75, 3.05) is 18.0 Å². The predicted octanol–water partition coefficient (Wildman–Crippen LogP) is 3.29. The lowest BCUT2D eigenvalue weighted by Crippen LogP contribution is -2.38. The second kappa shape index (κ2) is 5.68. The molecule has 124 valence electrons. The average molecular weight is 314 g/mol. The third-order valence-electron chi connectivity index (χ3n) is 5.00. The Kier molecular flexibility index (Phi) is 3.96. The Hall–Kier alpha value is -1.81. The SMILES string of the molecule is Cc1cc(C(C)O)c2c(N3CCC(C)(C)CC3)ccc(=O)n2c1. The maximum atomic E-state index is 12.3. The van der Waals surface area contributed by atoms with Gasteiger partial charge in [-0.2, -0.15) is 0 Å². The molecule has 1 aliphatic heterocycles. The van der Waals surface area contributed by atoms with E-state index < -0.39 is 6.10 Å². The summed E-state index contributed by atoms with van der Waals surface area (Å²) in [5, 5.41) is 10.2. The number of nitrogens with zero attached hydrogens (tertiary/aromatic N) is 2. The third-order valence-corrected chi connectivity index (χ3v) is 5.00. The van der Waals surface area contributed by atoms with E-state index in [4.69, 9.17) is 0 Å². The maximum absolute atomic E-state index is 12.3. The van der Waals surface area contributed by atoms with Crippen LogP contribution in [0.2, 0.25) is 0 Å². The summed E-state index contributed by atoms with van der Waals surface area (Å²) in [5.41, 5.74) is 4.03. The summed E-state index contributed by atoms with van der Waals surface area (Å²) in [6, 6.07) is 5.53. The van der Waals surface area contributed by atoms with Gasteiger partial charge in [-0.05, 0) is 49.8 Å². The van der Waals surface area contributed by atoms with Gasteiger partial charge in [0.2, 0.25) is 0 Å².